The average molecular weight is 414 g/mol. The van der Waals surface area contributed by atoms with Crippen LogP contribution in [0, 0.1) is 5.41 Å². The summed E-state index contributed by atoms with van der Waals surface area (Å²) in [7, 11) is -1.67. The van der Waals surface area contributed by atoms with Crippen LogP contribution in [0.25, 0.3) is 0 Å². The van der Waals surface area contributed by atoms with E-state index in [1.807, 2.05) is 0 Å². The molecule has 0 N–H and O–H groups in total. The molecule has 1 saturated heterocycles. The first-order valence-corrected chi connectivity index (χ1v) is 13.3. The Morgan fingerprint density at radius 2 is 1.79 bits per heavy atom. The SMILES string of the molecule is CC(C)(C)[Si](C)(C)OCCCN1CC[C@]2(CC2c2ccc(C(F)(F)F)cc2)C1. The predicted octanol–water partition coefficient (Wildman–Crippen LogP) is 6.30. The highest BCUT2D eigenvalue weighted by Crippen LogP contribution is 2.64. The summed E-state index contributed by atoms with van der Waals surface area (Å²) >= 11 is 0. The molecule has 1 aromatic carbocycles. The van der Waals surface area contributed by atoms with Crippen molar-refractivity contribution in [1.29, 1.82) is 0 Å². The number of likely N-dealkylation sites (tertiary alicyclic amines) is 1. The van der Waals surface area contributed by atoms with E-state index >= 15 is 0 Å². The highest BCUT2D eigenvalue weighted by Gasteiger charge is 2.57. The average Bonchev–Trinajstić information content (AvgIpc) is 3.12. The lowest BCUT2D eigenvalue weighted by Gasteiger charge is -2.36. The van der Waals surface area contributed by atoms with Gasteiger partial charge in [0.2, 0.25) is 0 Å². The van der Waals surface area contributed by atoms with Crippen molar-refractivity contribution in [3.05, 3.63) is 35.4 Å². The second-order valence-corrected chi connectivity index (χ2v) is 15.0. The van der Waals surface area contributed by atoms with Crippen LogP contribution in [-0.4, -0.2) is 39.5 Å². The van der Waals surface area contributed by atoms with Crippen LogP contribution in [0.1, 0.15) is 57.1 Å². The first-order chi connectivity index (χ1) is 12.8. The quantitative estimate of drug-likeness (QED) is 0.401. The lowest BCUT2D eigenvalue weighted by molar-refractivity contribution is -0.137. The fourth-order valence-corrected chi connectivity index (χ4v) is 5.27. The third-order valence-electron chi connectivity index (χ3n) is 7.18. The Morgan fingerprint density at radius 3 is 2.36 bits per heavy atom. The second kappa shape index (κ2) is 7.44. The summed E-state index contributed by atoms with van der Waals surface area (Å²) in [6, 6.07) is 5.81. The zero-order valence-electron chi connectivity index (χ0n) is 17.8. The van der Waals surface area contributed by atoms with Crippen LogP contribution in [0.2, 0.25) is 18.1 Å². The lowest BCUT2D eigenvalue weighted by atomic mass is 9.97. The van der Waals surface area contributed by atoms with E-state index in [0.717, 1.165) is 51.1 Å². The molecule has 2 aliphatic rings. The maximum atomic E-state index is 12.8. The molecule has 0 amide bonds. The Kier molecular flexibility index (Phi) is 5.80. The monoisotopic (exact) mass is 413 g/mol. The molecular weight excluding hydrogens is 379 g/mol. The molecule has 6 heteroatoms. The van der Waals surface area contributed by atoms with Crippen LogP contribution in [0.3, 0.4) is 0 Å². The molecule has 158 valence electrons. The molecule has 0 radical (unpaired) electrons. The summed E-state index contributed by atoms with van der Waals surface area (Å²) < 4.78 is 44.5. The molecule has 1 saturated carbocycles. The van der Waals surface area contributed by atoms with Gasteiger partial charge in [-0.1, -0.05) is 32.9 Å². The maximum absolute atomic E-state index is 12.8. The molecule has 2 fully saturated rings. The third-order valence-corrected chi connectivity index (χ3v) is 11.7. The van der Waals surface area contributed by atoms with Gasteiger partial charge in [0, 0.05) is 19.7 Å². The predicted molar refractivity (Wildman–Crippen MR) is 110 cm³/mol. The minimum Gasteiger partial charge on any atom is -0.417 e. The summed E-state index contributed by atoms with van der Waals surface area (Å²) in [5, 5.41) is 0.244. The van der Waals surface area contributed by atoms with Gasteiger partial charge in [0.05, 0.1) is 5.56 Å². The van der Waals surface area contributed by atoms with Crippen molar-refractivity contribution >= 4 is 8.32 Å². The first kappa shape index (κ1) is 21.8. The van der Waals surface area contributed by atoms with E-state index in [4.69, 9.17) is 4.43 Å². The summed E-state index contributed by atoms with van der Waals surface area (Å²) in [5.74, 6) is 0.420. The van der Waals surface area contributed by atoms with E-state index in [2.05, 4.69) is 38.8 Å². The molecule has 0 aromatic heterocycles. The number of halogens is 3. The van der Waals surface area contributed by atoms with Crippen molar-refractivity contribution in [1.82, 2.24) is 4.90 Å². The summed E-state index contributed by atoms with van der Waals surface area (Å²) in [6.45, 7) is 15.4. The molecule has 1 aliphatic carbocycles. The molecular formula is C22H34F3NOSi. The molecule has 1 heterocycles. The summed E-state index contributed by atoms with van der Waals surface area (Å²) in [4.78, 5) is 2.51. The van der Waals surface area contributed by atoms with Gasteiger partial charge in [-0.2, -0.15) is 13.2 Å². The van der Waals surface area contributed by atoms with E-state index < -0.39 is 20.1 Å². The van der Waals surface area contributed by atoms with Crippen LogP contribution in [0.15, 0.2) is 24.3 Å². The zero-order valence-corrected chi connectivity index (χ0v) is 18.8. The Morgan fingerprint density at radius 1 is 1.14 bits per heavy atom. The van der Waals surface area contributed by atoms with Crippen LogP contribution in [-0.2, 0) is 10.6 Å². The zero-order chi connectivity index (χ0) is 20.8. The molecule has 1 spiro atoms. The Bertz CT molecular complexity index is 681. The van der Waals surface area contributed by atoms with Crippen LogP contribution in [0.5, 0.6) is 0 Å². The van der Waals surface area contributed by atoms with E-state index in [0.29, 0.717) is 11.3 Å². The van der Waals surface area contributed by atoms with Crippen molar-refractivity contribution in [2.24, 2.45) is 5.41 Å². The van der Waals surface area contributed by atoms with Gasteiger partial charge in [-0.25, -0.2) is 0 Å². The number of alkyl halides is 3. The lowest BCUT2D eigenvalue weighted by Crippen LogP contribution is -2.41. The summed E-state index contributed by atoms with van der Waals surface area (Å²) in [5.41, 5.74) is 0.803. The number of hydrogen-bond donors (Lipinski definition) is 0. The fourth-order valence-electron chi connectivity index (χ4n) is 4.18. The molecule has 1 unspecified atom stereocenters. The standard InChI is InChI=1S/C22H34F3NOSi/c1-20(2,3)28(4,5)27-14-6-12-26-13-11-21(16-26)15-19(21)17-7-9-18(10-8-17)22(23,24)25/h7-10,19H,6,11-16H2,1-5H3/t19?,21-/m0/s1. The molecule has 28 heavy (non-hydrogen) atoms. The smallest absolute Gasteiger partial charge is 0.416 e. The Hall–Kier alpha value is -0.853. The third kappa shape index (κ3) is 4.65. The van der Waals surface area contributed by atoms with E-state index in [-0.39, 0.29) is 5.04 Å². The molecule has 0 bridgehead atoms. The minimum atomic E-state index is -4.25. The first-order valence-electron chi connectivity index (χ1n) is 10.4. The van der Waals surface area contributed by atoms with Gasteiger partial charge < -0.3 is 9.33 Å². The second-order valence-electron chi connectivity index (χ2n) is 10.2. The van der Waals surface area contributed by atoms with Gasteiger partial charge in [-0.3, -0.25) is 0 Å². The van der Waals surface area contributed by atoms with Crippen molar-refractivity contribution in [3.8, 4) is 0 Å². The van der Waals surface area contributed by atoms with Gasteiger partial charge >= 0.3 is 6.18 Å². The van der Waals surface area contributed by atoms with Crippen molar-refractivity contribution in [2.75, 3.05) is 26.2 Å². The molecule has 2 nitrogen and oxygen atoms in total. The fraction of sp³-hybridized carbons (Fsp3) is 0.727. The molecule has 2 atom stereocenters. The van der Waals surface area contributed by atoms with Gasteiger partial charge in [-0.15, -0.1) is 0 Å². The molecule has 1 aromatic rings. The topological polar surface area (TPSA) is 12.5 Å². The van der Waals surface area contributed by atoms with Crippen molar-refractivity contribution in [2.45, 2.75) is 70.3 Å². The van der Waals surface area contributed by atoms with Crippen molar-refractivity contribution < 1.29 is 17.6 Å². The Labute approximate surface area is 168 Å². The van der Waals surface area contributed by atoms with Gasteiger partial charge in [0.1, 0.15) is 0 Å². The van der Waals surface area contributed by atoms with Crippen molar-refractivity contribution in [3.63, 3.8) is 0 Å². The van der Waals surface area contributed by atoms with E-state index in [1.165, 1.54) is 12.1 Å². The highest BCUT2D eigenvalue weighted by molar-refractivity contribution is 6.74. The van der Waals surface area contributed by atoms with Gasteiger partial charge in [0.25, 0.3) is 0 Å². The number of benzene rings is 1. The van der Waals surface area contributed by atoms with Crippen LogP contribution in [0.4, 0.5) is 13.2 Å². The molecule has 3 rings (SSSR count). The number of nitrogens with zero attached hydrogens (tertiary/aromatic N) is 1. The highest BCUT2D eigenvalue weighted by atomic mass is 28.4. The largest absolute Gasteiger partial charge is 0.417 e. The normalized spacial score (nSPS) is 26.2. The van der Waals surface area contributed by atoms with Gasteiger partial charge in [-0.05, 0) is 73.0 Å². The van der Waals surface area contributed by atoms with E-state index in [9.17, 15) is 13.2 Å². The van der Waals surface area contributed by atoms with Crippen LogP contribution < -0.4 is 0 Å². The number of rotatable bonds is 6. The van der Waals surface area contributed by atoms with E-state index in [1.54, 1.807) is 12.1 Å². The minimum absolute atomic E-state index is 0.244. The van der Waals surface area contributed by atoms with Gasteiger partial charge in [0.15, 0.2) is 8.32 Å². The number of hydrogen-bond acceptors (Lipinski definition) is 2. The summed E-state index contributed by atoms with van der Waals surface area (Å²) in [6.07, 6.45) is -0.943. The Balaban J connectivity index is 1.45. The van der Waals surface area contributed by atoms with Crippen LogP contribution >= 0.6 is 0 Å². The molecule has 1 aliphatic heterocycles. The maximum Gasteiger partial charge on any atom is 0.416 e.